The summed E-state index contributed by atoms with van der Waals surface area (Å²) >= 11 is 0. The number of carbonyl (C=O) groups excluding carboxylic acids is 1. The van der Waals surface area contributed by atoms with Crippen LogP contribution in [0.15, 0.2) is 6.20 Å². The van der Waals surface area contributed by atoms with Crippen LogP contribution in [-0.2, 0) is 16.0 Å². The SMILES string of the molecule is CNC(=O)CCCCOCCCc1c[nH]nn1. The zero-order chi connectivity index (χ0) is 12.3. The zero-order valence-corrected chi connectivity index (χ0v) is 10.2. The Kier molecular flexibility index (Phi) is 6.97. The largest absolute Gasteiger partial charge is 0.381 e. The number of hydrogen-bond donors (Lipinski definition) is 2. The Bertz CT molecular complexity index is 300. The van der Waals surface area contributed by atoms with Crippen molar-refractivity contribution in [2.75, 3.05) is 20.3 Å². The monoisotopic (exact) mass is 240 g/mol. The first kappa shape index (κ1) is 13.6. The van der Waals surface area contributed by atoms with E-state index in [1.165, 1.54) is 0 Å². The Balaban J connectivity index is 1.83. The van der Waals surface area contributed by atoms with Gasteiger partial charge in [0, 0.05) is 32.9 Å². The molecule has 0 fully saturated rings. The van der Waals surface area contributed by atoms with E-state index in [4.69, 9.17) is 4.74 Å². The van der Waals surface area contributed by atoms with Crippen LogP contribution in [0.4, 0.5) is 0 Å². The minimum Gasteiger partial charge on any atom is -0.381 e. The lowest BCUT2D eigenvalue weighted by atomic mass is 10.2. The van der Waals surface area contributed by atoms with Gasteiger partial charge < -0.3 is 10.1 Å². The lowest BCUT2D eigenvalue weighted by Crippen LogP contribution is -2.17. The lowest BCUT2D eigenvalue weighted by molar-refractivity contribution is -0.120. The summed E-state index contributed by atoms with van der Waals surface area (Å²) in [6.45, 7) is 1.45. The van der Waals surface area contributed by atoms with Crippen molar-refractivity contribution < 1.29 is 9.53 Å². The topological polar surface area (TPSA) is 79.9 Å². The van der Waals surface area contributed by atoms with Crippen LogP contribution in [0.25, 0.3) is 0 Å². The summed E-state index contributed by atoms with van der Waals surface area (Å²) in [5, 5.41) is 12.8. The molecule has 2 N–H and O–H groups in total. The van der Waals surface area contributed by atoms with Crippen molar-refractivity contribution in [1.29, 1.82) is 0 Å². The third-order valence-electron chi connectivity index (χ3n) is 2.41. The fourth-order valence-electron chi connectivity index (χ4n) is 1.42. The van der Waals surface area contributed by atoms with Gasteiger partial charge in [0.25, 0.3) is 0 Å². The van der Waals surface area contributed by atoms with Gasteiger partial charge in [0.2, 0.25) is 5.91 Å². The van der Waals surface area contributed by atoms with E-state index < -0.39 is 0 Å². The first-order valence-electron chi connectivity index (χ1n) is 5.96. The number of ether oxygens (including phenoxy) is 1. The molecule has 1 aromatic heterocycles. The van der Waals surface area contributed by atoms with Crippen molar-refractivity contribution in [3.63, 3.8) is 0 Å². The average molecular weight is 240 g/mol. The van der Waals surface area contributed by atoms with E-state index in [-0.39, 0.29) is 5.91 Å². The highest BCUT2D eigenvalue weighted by Gasteiger charge is 1.98. The number of hydrogen-bond acceptors (Lipinski definition) is 4. The second kappa shape index (κ2) is 8.69. The van der Waals surface area contributed by atoms with E-state index in [9.17, 15) is 4.79 Å². The van der Waals surface area contributed by atoms with Crippen molar-refractivity contribution in [1.82, 2.24) is 20.7 Å². The van der Waals surface area contributed by atoms with Crippen LogP contribution in [0, 0.1) is 0 Å². The molecular weight excluding hydrogens is 220 g/mol. The minimum atomic E-state index is 0.0935. The summed E-state index contributed by atoms with van der Waals surface area (Å²) in [6.07, 6.45) is 6.01. The average Bonchev–Trinajstić information content (AvgIpc) is 2.85. The number of aromatic amines is 1. The predicted molar refractivity (Wildman–Crippen MR) is 63.4 cm³/mol. The summed E-state index contributed by atoms with van der Waals surface area (Å²) in [4.78, 5) is 10.9. The van der Waals surface area contributed by atoms with Crippen molar-refractivity contribution >= 4 is 5.91 Å². The molecule has 96 valence electrons. The minimum absolute atomic E-state index is 0.0935. The molecule has 0 aliphatic carbocycles. The number of nitrogens with one attached hydrogen (secondary N) is 2. The van der Waals surface area contributed by atoms with Gasteiger partial charge in [-0.05, 0) is 25.7 Å². The molecule has 0 saturated carbocycles. The van der Waals surface area contributed by atoms with Crippen LogP contribution in [0.5, 0.6) is 0 Å². The van der Waals surface area contributed by atoms with Gasteiger partial charge >= 0.3 is 0 Å². The molecule has 6 nitrogen and oxygen atoms in total. The Hall–Kier alpha value is -1.43. The fourth-order valence-corrected chi connectivity index (χ4v) is 1.42. The van der Waals surface area contributed by atoms with Gasteiger partial charge in [0.1, 0.15) is 0 Å². The fraction of sp³-hybridized carbons (Fsp3) is 0.727. The smallest absolute Gasteiger partial charge is 0.219 e. The Morgan fingerprint density at radius 3 is 2.94 bits per heavy atom. The van der Waals surface area contributed by atoms with E-state index in [1.54, 1.807) is 13.2 Å². The van der Waals surface area contributed by atoms with Gasteiger partial charge in [0.15, 0.2) is 0 Å². The number of aryl methyl sites for hydroxylation is 1. The predicted octanol–water partition coefficient (Wildman–Crippen LogP) is 0.670. The van der Waals surface area contributed by atoms with Crippen molar-refractivity contribution in [3.05, 3.63) is 11.9 Å². The van der Waals surface area contributed by atoms with Crippen molar-refractivity contribution in [2.24, 2.45) is 0 Å². The first-order valence-corrected chi connectivity index (χ1v) is 5.96. The van der Waals surface area contributed by atoms with Gasteiger partial charge in [0.05, 0.1) is 5.69 Å². The molecule has 0 aliphatic rings. The molecule has 0 radical (unpaired) electrons. The summed E-state index contributed by atoms with van der Waals surface area (Å²) in [6, 6.07) is 0. The molecule has 0 aromatic carbocycles. The summed E-state index contributed by atoms with van der Waals surface area (Å²) in [5.74, 6) is 0.0935. The van der Waals surface area contributed by atoms with Gasteiger partial charge in [-0.2, -0.15) is 0 Å². The van der Waals surface area contributed by atoms with E-state index >= 15 is 0 Å². The normalized spacial score (nSPS) is 10.4. The van der Waals surface area contributed by atoms with Crippen LogP contribution >= 0.6 is 0 Å². The van der Waals surface area contributed by atoms with Crippen LogP contribution < -0.4 is 5.32 Å². The Morgan fingerprint density at radius 2 is 2.24 bits per heavy atom. The van der Waals surface area contributed by atoms with Gasteiger partial charge in [-0.3, -0.25) is 9.89 Å². The number of nitrogens with zero attached hydrogens (tertiary/aromatic N) is 2. The maximum atomic E-state index is 10.9. The second-order valence-electron chi connectivity index (χ2n) is 3.81. The van der Waals surface area contributed by atoms with Crippen LogP contribution in [0.1, 0.15) is 31.4 Å². The molecule has 17 heavy (non-hydrogen) atoms. The first-order chi connectivity index (χ1) is 8.33. The number of H-pyrrole nitrogens is 1. The van der Waals surface area contributed by atoms with E-state index in [2.05, 4.69) is 20.7 Å². The molecular formula is C11H20N4O2. The highest BCUT2D eigenvalue weighted by atomic mass is 16.5. The Morgan fingerprint density at radius 1 is 1.41 bits per heavy atom. The second-order valence-corrected chi connectivity index (χ2v) is 3.81. The number of rotatable bonds is 9. The number of unbranched alkanes of at least 4 members (excludes halogenated alkanes) is 1. The number of carbonyl (C=O) groups is 1. The molecule has 0 saturated heterocycles. The van der Waals surface area contributed by atoms with Gasteiger partial charge in [-0.25, -0.2) is 0 Å². The third-order valence-corrected chi connectivity index (χ3v) is 2.41. The van der Waals surface area contributed by atoms with E-state index in [0.29, 0.717) is 6.42 Å². The molecule has 1 rings (SSSR count). The van der Waals surface area contributed by atoms with Crippen LogP contribution in [0.3, 0.4) is 0 Å². The molecule has 6 heteroatoms. The molecule has 0 atom stereocenters. The molecule has 0 bridgehead atoms. The van der Waals surface area contributed by atoms with Gasteiger partial charge in [-0.15, -0.1) is 5.10 Å². The van der Waals surface area contributed by atoms with Crippen LogP contribution in [-0.4, -0.2) is 41.6 Å². The quantitative estimate of drug-likeness (QED) is 0.622. The third kappa shape index (κ3) is 6.68. The zero-order valence-electron chi connectivity index (χ0n) is 10.2. The lowest BCUT2D eigenvalue weighted by Gasteiger charge is -2.03. The van der Waals surface area contributed by atoms with Crippen LogP contribution in [0.2, 0.25) is 0 Å². The van der Waals surface area contributed by atoms with Crippen molar-refractivity contribution in [3.8, 4) is 0 Å². The number of amides is 1. The van der Waals surface area contributed by atoms with Gasteiger partial charge in [-0.1, -0.05) is 5.21 Å². The van der Waals surface area contributed by atoms with E-state index in [1.807, 2.05) is 0 Å². The molecule has 1 amide bonds. The Labute approximate surface area is 101 Å². The highest BCUT2D eigenvalue weighted by Crippen LogP contribution is 1.98. The summed E-state index contributed by atoms with van der Waals surface area (Å²) < 4.78 is 5.46. The molecule has 1 aromatic rings. The summed E-state index contributed by atoms with van der Waals surface area (Å²) in [7, 11) is 1.66. The molecule has 0 aliphatic heterocycles. The maximum Gasteiger partial charge on any atom is 0.219 e. The van der Waals surface area contributed by atoms with Crippen molar-refractivity contribution in [2.45, 2.75) is 32.1 Å². The highest BCUT2D eigenvalue weighted by molar-refractivity contribution is 5.75. The standard InChI is InChI=1S/C11H20N4O2/c1-12-11(16)6-2-3-7-17-8-4-5-10-9-13-15-14-10/h9H,2-8H2,1H3,(H,12,16)(H,13,14,15). The number of aromatic nitrogens is 3. The molecule has 1 heterocycles. The molecule has 0 unspecified atom stereocenters. The summed E-state index contributed by atoms with van der Waals surface area (Å²) in [5.41, 5.74) is 0.966. The van der Waals surface area contributed by atoms with E-state index in [0.717, 1.165) is 44.6 Å². The molecule has 0 spiro atoms. The maximum absolute atomic E-state index is 10.9.